The van der Waals surface area contributed by atoms with Gasteiger partial charge in [-0.2, -0.15) is 10.2 Å². The van der Waals surface area contributed by atoms with Gasteiger partial charge in [0, 0.05) is 0 Å². The third-order valence-electron chi connectivity index (χ3n) is 1.34. The minimum atomic E-state index is 0.161. The number of hydrogen-bond acceptors (Lipinski definition) is 5. The number of ether oxygens (including phenoxy) is 1. The maximum atomic E-state index is 8.26. The van der Waals surface area contributed by atoms with Crippen LogP contribution < -0.4 is 10.5 Å². The van der Waals surface area contributed by atoms with Crippen LogP contribution in [0.25, 0.3) is 0 Å². The third-order valence-corrected chi connectivity index (χ3v) is 1.34. The van der Waals surface area contributed by atoms with Crippen LogP contribution in [-0.4, -0.2) is 17.1 Å². The lowest BCUT2D eigenvalue weighted by Crippen LogP contribution is -1.99. The predicted octanol–water partition coefficient (Wildman–Crippen LogP) is 0.333. The van der Waals surface area contributed by atoms with Gasteiger partial charge >= 0.3 is 0 Å². The Labute approximate surface area is 81.5 Å². The molecule has 0 aliphatic carbocycles. The quantitative estimate of drug-likeness (QED) is 0.642. The molecule has 5 heteroatoms. The Bertz CT molecular complexity index is 425. The Morgan fingerprint density at radius 2 is 2.43 bits per heavy atom. The van der Waals surface area contributed by atoms with E-state index in [4.69, 9.17) is 15.7 Å². The minimum absolute atomic E-state index is 0.161. The summed E-state index contributed by atoms with van der Waals surface area (Å²) < 4.78 is 4.86. The summed E-state index contributed by atoms with van der Waals surface area (Å²) in [4.78, 5) is 7.80. The van der Waals surface area contributed by atoms with E-state index in [0.717, 1.165) is 0 Å². The number of nitrogens with two attached hydrogens (primary N) is 1. The topological polar surface area (TPSA) is 84.8 Å². The smallest absolute Gasteiger partial charge is 0.258 e. The monoisotopic (exact) mass is 188 g/mol. The van der Waals surface area contributed by atoms with E-state index in [9.17, 15) is 0 Å². The Kier molecular flexibility index (Phi) is 3.28. The molecule has 1 heterocycles. The van der Waals surface area contributed by atoms with Crippen LogP contribution in [0.3, 0.4) is 0 Å². The van der Waals surface area contributed by atoms with Gasteiger partial charge in [-0.15, -0.1) is 0 Å². The number of methoxy groups -OCH3 is 1. The molecule has 0 atom stereocenters. The van der Waals surface area contributed by atoms with Gasteiger partial charge in [-0.25, -0.2) is 4.98 Å². The fourth-order valence-electron chi connectivity index (χ4n) is 0.766. The first-order valence-electron chi connectivity index (χ1n) is 3.80. The first kappa shape index (κ1) is 9.82. The lowest BCUT2D eigenvalue weighted by molar-refractivity contribution is 0.398. The van der Waals surface area contributed by atoms with Crippen LogP contribution in [-0.2, 0) is 0 Å². The molecule has 0 saturated heterocycles. The average Bonchev–Trinajstić information content (AvgIpc) is 2.21. The van der Waals surface area contributed by atoms with Crippen LogP contribution in [0, 0.1) is 23.2 Å². The summed E-state index contributed by atoms with van der Waals surface area (Å²) in [6.07, 6.45) is 1.59. The molecule has 0 radical (unpaired) electrons. The van der Waals surface area contributed by atoms with Crippen molar-refractivity contribution in [2.24, 2.45) is 0 Å². The zero-order chi connectivity index (χ0) is 10.4. The second kappa shape index (κ2) is 4.68. The first-order chi connectivity index (χ1) is 6.77. The summed E-state index contributed by atoms with van der Waals surface area (Å²) in [6.45, 7) is 0. The van der Waals surface area contributed by atoms with E-state index in [1.807, 2.05) is 6.07 Å². The summed E-state index contributed by atoms with van der Waals surface area (Å²) >= 11 is 0. The van der Waals surface area contributed by atoms with Gasteiger partial charge in [0.1, 0.15) is 5.69 Å². The third kappa shape index (κ3) is 2.36. The summed E-state index contributed by atoms with van der Waals surface area (Å²) in [6, 6.07) is 1.90. The van der Waals surface area contributed by atoms with Crippen LogP contribution in [0.1, 0.15) is 12.1 Å². The number of aromatic nitrogens is 2. The number of nitriles is 1. The summed E-state index contributed by atoms with van der Waals surface area (Å²) in [5, 5.41) is 8.26. The maximum Gasteiger partial charge on any atom is 0.258 e. The molecule has 14 heavy (non-hydrogen) atoms. The molecular formula is C9H8N4O. The average molecular weight is 188 g/mol. The Hall–Kier alpha value is -2.27. The largest absolute Gasteiger partial charge is 0.478 e. The SMILES string of the molecule is COc1nc(C#CCC#N)cnc1N. The molecule has 1 rings (SSSR count). The predicted molar refractivity (Wildman–Crippen MR) is 50.1 cm³/mol. The van der Waals surface area contributed by atoms with Crippen molar-refractivity contribution in [1.29, 1.82) is 5.26 Å². The van der Waals surface area contributed by atoms with E-state index in [1.165, 1.54) is 13.3 Å². The van der Waals surface area contributed by atoms with E-state index in [1.54, 1.807) is 0 Å². The molecule has 5 nitrogen and oxygen atoms in total. The zero-order valence-electron chi connectivity index (χ0n) is 7.61. The molecule has 0 fully saturated rings. The van der Waals surface area contributed by atoms with Crippen molar-refractivity contribution in [1.82, 2.24) is 9.97 Å². The summed E-state index contributed by atoms with van der Waals surface area (Å²) in [5.74, 6) is 5.74. The van der Waals surface area contributed by atoms with Gasteiger partial charge in [-0.3, -0.25) is 0 Å². The van der Waals surface area contributed by atoms with Crippen LogP contribution in [0.2, 0.25) is 0 Å². The highest BCUT2D eigenvalue weighted by molar-refractivity contribution is 5.42. The highest BCUT2D eigenvalue weighted by Crippen LogP contribution is 2.13. The highest BCUT2D eigenvalue weighted by atomic mass is 16.5. The van der Waals surface area contributed by atoms with Gasteiger partial charge in [0.05, 0.1) is 25.8 Å². The second-order valence-electron chi connectivity index (χ2n) is 2.29. The second-order valence-corrected chi connectivity index (χ2v) is 2.29. The Balaban J connectivity index is 2.92. The van der Waals surface area contributed by atoms with Crippen molar-refractivity contribution in [3.05, 3.63) is 11.9 Å². The van der Waals surface area contributed by atoms with Gasteiger partial charge in [-0.05, 0) is 5.92 Å². The molecule has 0 unspecified atom stereocenters. The zero-order valence-corrected chi connectivity index (χ0v) is 7.61. The Morgan fingerprint density at radius 3 is 3.07 bits per heavy atom. The molecule has 0 bridgehead atoms. The van der Waals surface area contributed by atoms with Crippen molar-refractivity contribution >= 4 is 5.82 Å². The molecular weight excluding hydrogens is 180 g/mol. The molecule has 70 valence electrons. The Morgan fingerprint density at radius 1 is 1.64 bits per heavy atom. The van der Waals surface area contributed by atoms with E-state index in [-0.39, 0.29) is 18.1 Å². The van der Waals surface area contributed by atoms with Gasteiger partial charge in [-0.1, -0.05) is 5.92 Å². The molecule has 0 aliphatic rings. The summed E-state index contributed by atoms with van der Waals surface area (Å²) in [5.41, 5.74) is 5.89. The van der Waals surface area contributed by atoms with Gasteiger partial charge < -0.3 is 10.5 Å². The lowest BCUT2D eigenvalue weighted by Gasteiger charge is -2.00. The molecule has 0 saturated carbocycles. The van der Waals surface area contributed by atoms with Crippen LogP contribution in [0.15, 0.2) is 6.20 Å². The number of rotatable bonds is 1. The van der Waals surface area contributed by atoms with E-state index in [0.29, 0.717) is 5.69 Å². The molecule has 0 amide bonds. The molecule has 1 aromatic rings. The minimum Gasteiger partial charge on any atom is -0.478 e. The molecule has 0 aliphatic heterocycles. The maximum absolute atomic E-state index is 8.26. The van der Waals surface area contributed by atoms with Crippen molar-refractivity contribution in [2.45, 2.75) is 6.42 Å². The summed E-state index contributed by atoms with van der Waals surface area (Å²) in [7, 11) is 1.45. The van der Waals surface area contributed by atoms with Crippen LogP contribution in [0.4, 0.5) is 5.82 Å². The standard InChI is InChI=1S/C9H8N4O/c1-14-9-8(11)12-6-7(13-9)4-2-3-5-10/h6H,3H2,1H3,(H2,11,12). The number of anilines is 1. The van der Waals surface area contributed by atoms with E-state index < -0.39 is 0 Å². The van der Waals surface area contributed by atoms with E-state index in [2.05, 4.69) is 21.8 Å². The number of nitrogen functional groups attached to an aromatic ring is 1. The highest BCUT2D eigenvalue weighted by Gasteiger charge is 2.01. The first-order valence-corrected chi connectivity index (χ1v) is 3.80. The van der Waals surface area contributed by atoms with Gasteiger partial charge in [0.2, 0.25) is 0 Å². The van der Waals surface area contributed by atoms with E-state index >= 15 is 0 Å². The van der Waals surface area contributed by atoms with Crippen molar-refractivity contribution in [2.75, 3.05) is 12.8 Å². The van der Waals surface area contributed by atoms with Gasteiger partial charge in [0.15, 0.2) is 5.82 Å². The fraction of sp³-hybridized carbons (Fsp3) is 0.222. The fourth-order valence-corrected chi connectivity index (χ4v) is 0.766. The van der Waals surface area contributed by atoms with Crippen molar-refractivity contribution in [3.8, 4) is 23.8 Å². The molecule has 2 N–H and O–H groups in total. The molecule has 0 spiro atoms. The molecule has 1 aromatic heterocycles. The number of nitrogens with zero attached hydrogens (tertiary/aromatic N) is 3. The normalized spacial score (nSPS) is 8.29. The lowest BCUT2D eigenvalue weighted by atomic mass is 10.4. The molecule has 0 aromatic carbocycles. The number of hydrogen-bond donors (Lipinski definition) is 1. The van der Waals surface area contributed by atoms with Gasteiger partial charge in [0.25, 0.3) is 5.88 Å². The van der Waals surface area contributed by atoms with Crippen molar-refractivity contribution < 1.29 is 4.74 Å². The van der Waals surface area contributed by atoms with Crippen LogP contribution >= 0.6 is 0 Å². The van der Waals surface area contributed by atoms with Crippen LogP contribution in [0.5, 0.6) is 5.88 Å². The van der Waals surface area contributed by atoms with Crippen molar-refractivity contribution in [3.63, 3.8) is 0 Å².